The van der Waals surface area contributed by atoms with Gasteiger partial charge < -0.3 is 15.6 Å². The molecular formula is C15H19N3O2. The molecule has 0 saturated heterocycles. The standard InChI is InChI=1S/C15H19N3O2/c1-10(8-16-2)15(20)17-9-11-7-14(19)18-13-6-4-3-5-12(11)13/h3-7,10,16H,8-9H2,1-2H3,(H,17,20)(H,18,19). The third kappa shape index (κ3) is 3.24. The Bertz CT molecular complexity index is 663. The summed E-state index contributed by atoms with van der Waals surface area (Å²) < 4.78 is 0. The average molecular weight is 273 g/mol. The molecule has 0 aliphatic rings. The molecule has 20 heavy (non-hydrogen) atoms. The highest BCUT2D eigenvalue weighted by Crippen LogP contribution is 2.14. The number of benzene rings is 1. The molecule has 1 atom stereocenters. The van der Waals surface area contributed by atoms with E-state index >= 15 is 0 Å². The number of carbonyl (C=O) groups is 1. The summed E-state index contributed by atoms with van der Waals surface area (Å²) >= 11 is 0. The van der Waals surface area contributed by atoms with E-state index in [-0.39, 0.29) is 17.4 Å². The predicted molar refractivity (Wildman–Crippen MR) is 79.5 cm³/mol. The van der Waals surface area contributed by atoms with Crippen molar-refractivity contribution in [2.24, 2.45) is 5.92 Å². The van der Waals surface area contributed by atoms with E-state index < -0.39 is 0 Å². The van der Waals surface area contributed by atoms with Gasteiger partial charge in [-0.15, -0.1) is 0 Å². The molecule has 5 nitrogen and oxygen atoms in total. The number of hydrogen-bond acceptors (Lipinski definition) is 3. The molecule has 3 N–H and O–H groups in total. The molecule has 2 rings (SSSR count). The predicted octanol–water partition coefficient (Wildman–Crippen LogP) is 1.000. The molecule has 106 valence electrons. The van der Waals surface area contributed by atoms with E-state index in [1.165, 1.54) is 6.07 Å². The number of para-hydroxylation sites is 1. The Hall–Kier alpha value is -2.14. The Morgan fingerprint density at radius 3 is 2.85 bits per heavy atom. The molecule has 1 amide bonds. The summed E-state index contributed by atoms with van der Waals surface area (Å²) in [5, 5.41) is 6.79. The lowest BCUT2D eigenvalue weighted by Gasteiger charge is -2.12. The van der Waals surface area contributed by atoms with Gasteiger partial charge >= 0.3 is 0 Å². The molecule has 0 saturated carbocycles. The van der Waals surface area contributed by atoms with E-state index in [1.807, 2.05) is 38.2 Å². The van der Waals surface area contributed by atoms with E-state index in [9.17, 15) is 9.59 Å². The van der Waals surface area contributed by atoms with Gasteiger partial charge in [-0.2, -0.15) is 0 Å². The van der Waals surface area contributed by atoms with Gasteiger partial charge in [0, 0.05) is 36.0 Å². The number of pyridine rings is 1. The molecule has 0 aliphatic heterocycles. The quantitative estimate of drug-likeness (QED) is 0.761. The molecule has 0 bridgehead atoms. The Kier molecular flexibility index (Phi) is 4.53. The zero-order valence-electron chi connectivity index (χ0n) is 11.7. The van der Waals surface area contributed by atoms with Gasteiger partial charge in [-0.05, 0) is 18.7 Å². The van der Waals surface area contributed by atoms with Gasteiger partial charge in [0.25, 0.3) is 0 Å². The minimum Gasteiger partial charge on any atom is -0.352 e. The van der Waals surface area contributed by atoms with Crippen molar-refractivity contribution < 1.29 is 4.79 Å². The van der Waals surface area contributed by atoms with Crippen molar-refractivity contribution in [3.8, 4) is 0 Å². The maximum absolute atomic E-state index is 11.9. The third-order valence-electron chi connectivity index (χ3n) is 3.25. The molecule has 1 aromatic heterocycles. The van der Waals surface area contributed by atoms with Crippen LogP contribution in [0.5, 0.6) is 0 Å². The maximum Gasteiger partial charge on any atom is 0.248 e. The number of nitrogens with one attached hydrogen (secondary N) is 3. The van der Waals surface area contributed by atoms with Crippen molar-refractivity contribution in [2.75, 3.05) is 13.6 Å². The van der Waals surface area contributed by atoms with Gasteiger partial charge in [0.2, 0.25) is 11.5 Å². The first-order valence-corrected chi connectivity index (χ1v) is 6.65. The molecule has 1 unspecified atom stereocenters. The number of aromatic amines is 1. The number of amides is 1. The van der Waals surface area contributed by atoms with E-state index in [2.05, 4.69) is 15.6 Å². The number of H-pyrrole nitrogens is 1. The second kappa shape index (κ2) is 6.34. The molecule has 1 aromatic carbocycles. The first-order valence-electron chi connectivity index (χ1n) is 6.65. The van der Waals surface area contributed by atoms with Crippen LogP contribution in [-0.2, 0) is 11.3 Å². The Balaban J connectivity index is 2.18. The van der Waals surface area contributed by atoms with E-state index in [0.717, 1.165) is 16.5 Å². The van der Waals surface area contributed by atoms with Gasteiger partial charge in [-0.25, -0.2) is 0 Å². The lowest BCUT2D eigenvalue weighted by atomic mass is 10.1. The van der Waals surface area contributed by atoms with E-state index in [4.69, 9.17) is 0 Å². The van der Waals surface area contributed by atoms with Crippen LogP contribution in [0.25, 0.3) is 10.9 Å². The summed E-state index contributed by atoms with van der Waals surface area (Å²) in [6.07, 6.45) is 0. The van der Waals surface area contributed by atoms with Gasteiger partial charge in [-0.1, -0.05) is 25.1 Å². The zero-order valence-corrected chi connectivity index (χ0v) is 11.7. The van der Waals surface area contributed by atoms with Gasteiger partial charge in [0.05, 0.1) is 0 Å². The number of carbonyl (C=O) groups excluding carboxylic acids is 1. The summed E-state index contributed by atoms with van der Waals surface area (Å²) in [4.78, 5) is 26.3. The van der Waals surface area contributed by atoms with Crippen LogP contribution >= 0.6 is 0 Å². The van der Waals surface area contributed by atoms with Crippen molar-refractivity contribution >= 4 is 16.8 Å². The van der Waals surface area contributed by atoms with Crippen LogP contribution < -0.4 is 16.2 Å². The SMILES string of the molecule is CNCC(C)C(=O)NCc1cc(=O)[nH]c2ccccc12. The lowest BCUT2D eigenvalue weighted by molar-refractivity contribution is -0.124. The minimum atomic E-state index is -0.156. The molecule has 0 fully saturated rings. The third-order valence-corrected chi connectivity index (χ3v) is 3.25. The number of fused-ring (bicyclic) bond motifs is 1. The van der Waals surface area contributed by atoms with E-state index in [1.54, 1.807) is 0 Å². The van der Waals surface area contributed by atoms with Crippen molar-refractivity contribution in [1.29, 1.82) is 0 Å². The Morgan fingerprint density at radius 1 is 1.35 bits per heavy atom. The van der Waals surface area contributed by atoms with Gasteiger partial charge in [0.15, 0.2) is 0 Å². The maximum atomic E-state index is 11.9. The molecule has 5 heteroatoms. The van der Waals surface area contributed by atoms with Crippen LogP contribution in [0.4, 0.5) is 0 Å². The fourth-order valence-electron chi connectivity index (χ4n) is 2.18. The van der Waals surface area contributed by atoms with Crippen LogP contribution in [0, 0.1) is 5.92 Å². The summed E-state index contributed by atoms with van der Waals surface area (Å²) in [6.45, 7) is 2.85. The summed E-state index contributed by atoms with van der Waals surface area (Å²) in [5.74, 6) is -0.128. The normalized spacial score (nSPS) is 12.3. The Labute approximate surface area is 117 Å². The first-order chi connectivity index (χ1) is 9.61. The van der Waals surface area contributed by atoms with Crippen molar-refractivity contribution in [2.45, 2.75) is 13.5 Å². The van der Waals surface area contributed by atoms with Crippen LogP contribution in [0.1, 0.15) is 12.5 Å². The average Bonchev–Trinajstić information content (AvgIpc) is 2.44. The number of rotatable bonds is 5. The second-order valence-electron chi connectivity index (χ2n) is 4.88. The Morgan fingerprint density at radius 2 is 2.10 bits per heavy atom. The van der Waals surface area contributed by atoms with Crippen molar-refractivity contribution in [3.05, 3.63) is 46.2 Å². The number of hydrogen-bond donors (Lipinski definition) is 3. The minimum absolute atomic E-state index is 0.0243. The molecule has 0 spiro atoms. The molecule has 1 heterocycles. The number of aromatic nitrogens is 1. The highest BCUT2D eigenvalue weighted by Gasteiger charge is 2.12. The molecular weight excluding hydrogens is 254 g/mol. The molecule has 0 aliphatic carbocycles. The molecule has 2 aromatic rings. The fraction of sp³-hybridized carbons (Fsp3) is 0.333. The highest BCUT2D eigenvalue weighted by atomic mass is 16.2. The van der Waals surface area contributed by atoms with Crippen molar-refractivity contribution in [1.82, 2.24) is 15.6 Å². The van der Waals surface area contributed by atoms with Crippen LogP contribution in [0.2, 0.25) is 0 Å². The summed E-state index contributed by atoms with van der Waals surface area (Å²) in [6, 6.07) is 9.10. The largest absolute Gasteiger partial charge is 0.352 e. The second-order valence-corrected chi connectivity index (χ2v) is 4.88. The summed E-state index contributed by atoms with van der Waals surface area (Å²) in [5.41, 5.74) is 1.46. The topological polar surface area (TPSA) is 74.0 Å². The monoisotopic (exact) mass is 273 g/mol. The fourth-order valence-corrected chi connectivity index (χ4v) is 2.18. The van der Waals surface area contributed by atoms with Crippen LogP contribution in [0.3, 0.4) is 0 Å². The molecule has 0 radical (unpaired) electrons. The van der Waals surface area contributed by atoms with Gasteiger partial charge in [-0.3, -0.25) is 9.59 Å². The highest BCUT2D eigenvalue weighted by molar-refractivity contribution is 5.83. The van der Waals surface area contributed by atoms with Crippen LogP contribution in [-0.4, -0.2) is 24.5 Å². The van der Waals surface area contributed by atoms with Crippen molar-refractivity contribution in [3.63, 3.8) is 0 Å². The smallest absolute Gasteiger partial charge is 0.248 e. The van der Waals surface area contributed by atoms with Crippen LogP contribution in [0.15, 0.2) is 35.1 Å². The zero-order chi connectivity index (χ0) is 14.5. The van der Waals surface area contributed by atoms with Gasteiger partial charge in [0.1, 0.15) is 0 Å². The summed E-state index contributed by atoms with van der Waals surface area (Å²) in [7, 11) is 1.81. The van der Waals surface area contributed by atoms with E-state index in [0.29, 0.717) is 13.1 Å². The first kappa shape index (κ1) is 14.3. The lowest BCUT2D eigenvalue weighted by Crippen LogP contribution is -2.34.